The molecule has 7 nitrogen and oxygen atoms in total. The van der Waals surface area contributed by atoms with Crippen LogP contribution < -0.4 is 4.90 Å². The zero-order valence-corrected chi connectivity index (χ0v) is 14.5. The second-order valence-corrected chi connectivity index (χ2v) is 6.08. The molecular weight excluding hydrogens is 314 g/mol. The minimum atomic E-state index is 0.653. The Labute approximate surface area is 145 Å². The minimum absolute atomic E-state index is 0.653. The van der Waals surface area contributed by atoms with Crippen LogP contribution in [0.1, 0.15) is 11.5 Å². The van der Waals surface area contributed by atoms with Gasteiger partial charge in [-0.25, -0.2) is 9.67 Å². The average Bonchev–Trinajstić information content (AvgIpc) is 3.20. The number of benzene rings is 1. The molecule has 3 aromatic heterocycles. The van der Waals surface area contributed by atoms with E-state index >= 15 is 0 Å². The first-order valence-corrected chi connectivity index (χ1v) is 8.09. The number of rotatable bonds is 4. The fraction of sp³-hybridized carbons (Fsp3) is 0.222. The highest BCUT2D eigenvalue weighted by Gasteiger charge is 2.11. The normalized spacial score (nSPS) is 11.2. The van der Waals surface area contributed by atoms with Gasteiger partial charge < -0.3 is 9.47 Å². The lowest BCUT2D eigenvalue weighted by Crippen LogP contribution is -2.20. The predicted octanol–water partition coefficient (Wildman–Crippen LogP) is 2.49. The molecule has 0 bridgehead atoms. The summed E-state index contributed by atoms with van der Waals surface area (Å²) >= 11 is 0. The van der Waals surface area contributed by atoms with Gasteiger partial charge in [0.1, 0.15) is 5.82 Å². The van der Waals surface area contributed by atoms with E-state index < -0.39 is 0 Å². The second-order valence-electron chi connectivity index (χ2n) is 6.08. The summed E-state index contributed by atoms with van der Waals surface area (Å²) in [7, 11) is 4.02. The monoisotopic (exact) mass is 333 g/mol. The third-order valence-corrected chi connectivity index (χ3v) is 4.24. The average molecular weight is 333 g/mol. The Morgan fingerprint density at radius 1 is 1.04 bits per heavy atom. The minimum Gasteiger partial charge on any atom is -0.351 e. The van der Waals surface area contributed by atoms with Gasteiger partial charge in [-0.15, -0.1) is 10.2 Å². The van der Waals surface area contributed by atoms with Crippen LogP contribution >= 0.6 is 0 Å². The molecule has 0 unspecified atom stereocenters. The van der Waals surface area contributed by atoms with Crippen molar-refractivity contribution in [2.75, 3.05) is 11.9 Å². The maximum absolute atomic E-state index is 4.70. The maximum Gasteiger partial charge on any atom is 0.175 e. The number of para-hydroxylation sites is 2. The van der Waals surface area contributed by atoms with E-state index in [2.05, 4.69) is 25.9 Å². The van der Waals surface area contributed by atoms with Gasteiger partial charge in [0.25, 0.3) is 0 Å². The first-order valence-electron chi connectivity index (χ1n) is 8.09. The van der Waals surface area contributed by atoms with Gasteiger partial charge in [0.15, 0.2) is 11.6 Å². The molecule has 25 heavy (non-hydrogen) atoms. The number of aryl methyl sites for hydroxylation is 2. The third-order valence-electron chi connectivity index (χ3n) is 4.24. The van der Waals surface area contributed by atoms with Crippen LogP contribution in [0.5, 0.6) is 0 Å². The van der Waals surface area contributed by atoms with Crippen LogP contribution in [0, 0.1) is 6.92 Å². The summed E-state index contributed by atoms with van der Waals surface area (Å²) in [6, 6.07) is 13.9. The van der Waals surface area contributed by atoms with Gasteiger partial charge >= 0.3 is 0 Å². The van der Waals surface area contributed by atoms with Gasteiger partial charge in [-0.3, -0.25) is 0 Å². The molecule has 0 aliphatic heterocycles. The first-order chi connectivity index (χ1) is 12.1. The molecule has 0 spiro atoms. The fourth-order valence-corrected chi connectivity index (χ4v) is 2.82. The number of fused-ring (bicyclic) bond motifs is 1. The topological polar surface area (TPSA) is 64.7 Å². The first kappa shape index (κ1) is 15.3. The summed E-state index contributed by atoms with van der Waals surface area (Å²) in [5, 5.41) is 12.9. The summed E-state index contributed by atoms with van der Waals surface area (Å²) in [5.41, 5.74) is 3.08. The highest BCUT2D eigenvalue weighted by atomic mass is 15.4. The molecule has 0 fully saturated rings. The lowest BCUT2D eigenvalue weighted by Gasteiger charge is -2.17. The number of aromatic nitrogens is 6. The van der Waals surface area contributed by atoms with Crippen LogP contribution in [0.2, 0.25) is 0 Å². The van der Waals surface area contributed by atoms with Crippen LogP contribution in [-0.2, 0) is 13.6 Å². The molecule has 126 valence electrons. The van der Waals surface area contributed by atoms with Crippen molar-refractivity contribution in [2.24, 2.45) is 7.05 Å². The predicted molar refractivity (Wildman–Crippen MR) is 96.7 cm³/mol. The van der Waals surface area contributed by atoms with Crippen molar-refractivity contribution >= 4 is 16.9 Å². The number of anilines is 1. The zero-order chi connectivity index (χ0) is 17.4. The SMILES string of the molecule is Cc1ccn(-c2ccc(N(C)Cc3nc4ccccc4n3C)nn2)n1. The number of imidazole rings is 1. The van der Waals surface area contributed by atoms with E-state index in [0.29, 0.717) is 12.4 Å². The van der Waals surface area contributed by atoms with Crippen molar-refractivity contribution < 1.29 is 0 Å². The van der Waals surface area contributed by atoms with Crippen molar-refractivity contribution in [3.63, 3.8) is 0 Å². The Balaban J connectivity index is 1.56. The Morgan fingerprint density at radius 3 is 2.56 bits per heavy atom. The van der Waals surface area contributed by atoms with E-state index in [9.17, 15) is 0 Å². The summed E-state index contributed by atoms with van der Waals surface area (Å²) in [6.45, 7) is 2.60. The number of hydrogen-bond acceptors (Lipinski definition) is 5. The van der Waals surface area contributed by atoms with E-state index in [-0.39, 0.29) is 0 Å². The van der Waals surface area contributed by atoms with Crippen molar-refractivity contribution in [2.45, 2.75) is 13.5 Å². The summed E-state index contributed by atoms with van der Waals surface area (Å²) < 4.78 is 3.83. The summed E-state index contributed by atoms with van der Waals surface area (Å²) in [5.74, 6) is 2.48. The second kappa shape index (κ2) is 6.01. The van der Waals surface area contributed by atoms with Crippen LogP contribution in [-0.4, -0.2) is 36.6 Å². The zero-order valence-electron chi connectivity index (χ0n) is 14.5. The Hall–Kier alpha value is -3.22. The molecule has 0 atom stereocenters. The van der Waals surface area contributed by atoms with Gasteiger partial charge in [0.2, 0.25) is 0 Å². The van der Waals surface area contributed by atoms with E-state index in [1.54, 1.807) is 4.68 Å². The molecule has 1 aromatic carbocycles. The summed E-state index contributed by atoms with van der Waals surface area (Å²) in [4.78, 5) is 6.74. The van der Waals surface area contributed by atoms with Crippen molar-refractivity contribution in [3.8, 4) is 5.82 Å². The lowest BCUT2D eigenvalue weighted by molar-refractivity contribution is 0.751. The van der Waals surface area contributed by atoms with Crippen LogP contribution in [0.3, 0.4) is 0 Å². The van der Waals surface area contributed by atoms with E-state index in [4.69, 9.17) is 4.98 Å². The van der Waals surface area contributed by atoms with Gasteiger partial charge in [-0.1, -0.05) is 12.1 Å². The Morgan fingerprint density at radius 2 is 1.88 bits per heavy atom. The van der Waals surface area contributed by atoms with Crippen LogP contribution in [0.25, 0.3) is 16.9 Å². The number of nitrogens with zero attached hydrogens (tertiary/aromatic N) is 7. The smallest absolute Gasteiger partial charge is 0.175 e. The largest absolute Gasteiger partial charge is 0.351 e. The molecule has 0 radical (unpaired) electrons. The Bertz CT molecular complexity index is 1010. The molecule has 3 heterocycles. The molecule has 0 aliphatic rings. The van der Waals surface area contributed by atoms with E-state index in [1.807, 2.05) is 68.5 Å². The highest BCUT2D eigenvalue weighted by molar-refractivity contribution is 5.75. The van der Waals surface area contributed by atoms with Crippen molar-refractivity contribution in [1.29, 1.82) is 0 Å². The maximum atomic E-state index is 4.70. The molecule has 0 saturated carbocycles. The molecule has 4 aromatic rings. The molecule has 4 rings (SSSR count). The standard InChI is InChI=1S/C18H19N7/c1-13-10-11-25(22-13)17-9-8-16(20-21-17)23(2)12-18-19-14-6-4-5-7-15(14)24(18)3/h4-11H,12H2,1-3H3. The fourth-order valence-electron chi connectivity index (χ4n) is 2.82. The third kappa shape index (κ3) is 2.84. The molecule has 7 heteroatoms. The molecule has 0 N–H and O–H groups in total. The lowest BCUT2D eigenvalue weighted by atomic mass is 10.3. The number of hydrogen-bond donors (Lipinski definition) is 0. The Kier molecular flexibility index (Phi) is 3.68. The molecule has 0 aliphatic carbocycles. The molecular formula is C18H19N7. The van der Waals surface area contributed by atoms with E-state index in [1.165, 1.54) is 0 Å². The quantitative estimate of drug-likeness (QED) is 0.574. The molecule has 0 amide bonds. The van der Waals surface area contributed by atoms with Crippen LogP contribution in [0.15, 0.2) is 48.7 Å². The van der Waals surface area contributed by atoms with Crippen LogP contribution in [0.4, 0.5) is 5.82 Å². The van der Waals surface area contributed by atoms with Gasteiger partial charge in [-0.05, 0) is 37.3 Å². The van der Waals surface area contributed by atoms with E-state index in [0.717, 1.165) is 28.4 Å². The summed E-state index contributed by atoms with van der Waals surface area (Å²) in [6.07, 6.45) is 1.88. The van der Waals surface area contributed by atoms with Crippen molar-refractivity contribution in [1.82, 2.24) is 29.5 Å². The van der Waals surface area contributed by atoms with Gasteiger partial charge in [-0.2, -0.15) is 5.10 Å². The van der Waals surface area contributed by atoms with Gasteiger partial charge in [0.05, 0.1) is 23.3 Å². The van der Waals surface area contributed by atoms with Crippen molar-refractivity contribution in [3.05, 3.63) is 60.2 Å². The molecule has 0 saturated heterocycles. The highest BCUT2D eigenvalue weighted by Crippen LogP contribution is 2.17. The van der Waals surface area contributed by atoms with Gasteiger partial charge in [0, 0.05) is 20.3 Å².